The molecule has 2 aromatic carbocycles. The van der Waals surface area contributed by atoms with Crippen LogP contribution in [0.15, 0.2) is 54.6 Å². The second-order valence-corrected chi connectivity index (χ2v) is 4.56. The van der Waals surface area contributed by atoms with Gasteiger partial charge < -0.3 is 4.74 Å². The fraction of sp³-hybridized carbons (Fsp3) is 0.235. The van der Waals surface area contributed by atoms with Crippen molar-refractivity contribution >= 4 is 6.29 Å². The van der Waals surface area contributed by atoms with Gasteiger partial charge in [0.2, 0.25) is 6.29 Å². The van der Waals surface area contributed by atoms with Crippen molar-refractivity contribution < 1.29 is 9.53 Å². The number of hydrogen-bond donors (Lipinski definition) is 0. The summed E-state index contributed by atoms with van der Waals surface area (Å²) >= 11 is 0. The van der Waals surface area contributed by atoms with Gasteiger partial charge in [-0.2, -0.15) is 0 Å². The molecule has 0 fully saturated rings. The Morgan fingerprint density at radius 1 is 0.947 bits per heavy atom. The molecule has 0 aliphatic heterocycles. The standard InChI is InChI=1S/C17H17O2/c1-19-17-9-7-15(8-10-17)12-16(13-18)11-14-5-3-2-4-6-14/h2-10,16H,11-12H2,1H3. The minimum Gasteiger partial charge on any atom is -0.497 e. The molecule has 0 aliphatic carbocycles. The second-order valence-electron chi connectivity index (χ2n) is 4.56. The van der Waals surface area contributed by atoms with Gasteiger partial charge in [-0.3, -0.25) is 4.79 Å². The molecular weight excluding hydrogens is 236 g/mol. The van der Waals surface area contributed by atoms with Crippen molar-refractivity contribution in [3.8, 4) is 5.75 Å². The lowest BCUT2D eigenvalue weighted by Crippen LogP contribution is -2.09. The number of ether oxygens (including phenoxy) is 1. The highest BCUT2D eigenvalue weighted by Crippen LogP contribution is 2.16. The van der Waals surface area contributed by atoms with Crippen LogP contribution >= 0.6 is 0 Å². The van der Waals surface area contributed by atoms with Crippen LogP contribution in [0, 0.1) is 5.92 Å². The quantitative estimate of drug-likeness (QED) is 0.790. The zero-order valence-electron chi connectivity index (χ0n) is 11.0. The van der Waals surface area contributed by atoms with E-state index in [1.807, 2.05) is 54.6 Å². The zero-order valence-corrected chi connectivity index (χ0v) is 11.0. The summed E-state index contributed by atoms with van der Waals surface area (Å²) in [4.78, 5) is 11.1. The molecule has 2 rings (SSSR count). The molecule has 97 valence electrons. The largest absolute Gasteiger partial charge is 0.497 e. The predicted octanol–water partition coefficient (Wildman–Crippen LogP) is 3.21. The molecule has 0 saturated carbocycles. The van der Waals surface area contributed by atoms with Crippen LogP contribution in [0.3, 0.4) is 0 Å². The average Bonchev–Trinajstić information content (AvgIpc) is 2.48. The maximum Gasteiger partial charge on any atom is 0.202 e. The lowest BCUT2D eigenvalue weighted by atomic mass is 9.94. The van der Waals surface area contributed by atoms with Crippen LogP contribution in [0.2, 0.25) is 0 Å². The molecule has 19 heavy (non-hydrogen) atoms. The molecular formula is C17H17O2. The first-order chi connectivity index (χ1) is 9.31. The van der Waals surface area contributed by atoms with E-state index in [0.29, 0.717) is 6.42 Å². The summed E-state index contributed by atoms with van der Waals surface area (Å²) in [7, 11) is 1.65. The number of hydrogen-bond acceptors (Lipinski definition) is 2. The first kappa shape index (κ1) is 13.3. The van der Waals surface area contributed by atoms with Gasteiger partial charge in [0.25, 0.3) is 0 Å². The van der Waals surface area contributed by atoms with Crippen molar-refractivity contribution in [1.82, 2.24) is 0 Å². The lowest BCUT2D eigenvalue weighted by molar-refractivity contribution is 0.414. The van der Waals surface area contributed by atoms with Crippen molar-refractivity contribution in [1.29, 1.82) is 0 Å². The van der Waals surface area contributed by atoms with Crippen LogP contribution in [0.5, 0.6) is 5.75 Å². The highest BCUT2D eigenvalue weighted by atomic mass is 16.5. The van der Waals surface area contributed by atoms with Gasteiger partial charge in [-0.05, 0) is 36.1 Å². The van der Waals surface area contributed by atoms with Crippen LogP contribution in [0.1, 0.15) is 11.1 Å². The number of methoxy groups -OCH3 is 1. The first-order valence-electron chi connectivity index (χ1n) is 6.36. The van der Waals surface area contributed by atoms with E-state index in [4.69, 9.17) is 4.74 Å². The molecule has 0 saturated heterocycles. The van der Waals surface area contributed by atoms with Gasteiger partial charge >= 0.3 is 0 Å². The van der Waals surface area contributed by atoms with E-state index in [0.717, 1.165) is 17.7 Å². The van der Waals surface area contributed by atoms with Crippen molar-refractivity contribution in [3.63, 3.8) is 0 Å². The summed E-state index contributed by atoms with van der Waals surface area (Å²) in [6.07, 6.45) is 3.59. The van der Waals surface area contributed by atoms with Gasteiger partial charge in [-0.25, -0.2) is 0 Å². The molecule has 2 aromatic rings. The highest BCUT2D eigenvalue weighted by molar-refractivity contribution is 5.56. The van der Waals surface area contributed by atoms with Gasteiger partial charge in [0, 0.05) is 5.92 Å². The van der Waals surface area contributed by atoms with Crippen LogP contribution < -0.4 is 4.74 Å². The van der Waals surface area contributed by atoms with E-state index in [1.165, 1.54) is 5.56 Å². The van der Waals surface area contributed by atoms with E-state index in [9.17, 15) is 4.79 Å². The maximum absolute atomic E-state index is 11.1. The summed E-state index contributed by atoms with van der Waals surface area (Å²) in [5.41, 5.74) is 2.30. The summed E-state index contributed by atoms with van der Waals surface area (Å²) in [6.45, 7) is 0. The molecule has 1 radical (unpaired) electrons. The van der Waals surface area contributed by atoms with E-state index in [2.05, 4.69) is 6.29 Å². The van der Waals surface area contributed by atoms with Crippen LogP contribution in [0.25, 0.3) is 0 Å². The topological polar surface area (TPSA) is 26.3 Å². The number of benzene rings is 2. The van der Waals surface area contributed by atoms with Gasteiger partial charge in [0.15, 0.2) is 0 Å². The fourth-order valence-electron chi connectivity index (χ4n) is 2.10. The first-order valence-corrected chi connectivity index (χ1v) is 6.36. The SMILES string of the molecule is COc1ccc(CC([C]=O)Cc2ccccc2)cc1. The van der Waals surface area contributed by atoms with E-state index >= 15 is 0 Å². The Labute approximate surface area is 114 Å². The molecule has 0 aromatic heterocycles. The Hall–Kier alpha value is -2.09. The van der Waals surface area contributed by atoms with Crippen molar-refractivity contribution in [2.75, 3.05) is 7.11 Å². The van der Waals surface area contributed by atoms with E-state index < -0.39 is 0 Å². The smallest absolute Gasteiger partial charge is 0.202 e. The second kappa shape index (κ2) is 6.74. The summed E-state index contributed by atoms with van der Waals surface area (Å²) in [5.74, 6) is 0.731. The van der Waals surface area contributed by atoms with Gasteiger partial charge in [0.05, 0.1) is 7.11 Å². The minimum atomic E-state index is -0.101. The van der Waals surface area contributed by atoms with Gasteiger partial charge in [0.1, 0.15) is 5.75 Å². The van der Waals surface area contributed by atoms with Crippen molar-refractivity contribution in [2.24, 2.45) is 5.92 Å². The van der Waals surface area contributed by atoms with Crippen molar-refractivity contribution in [2.45, 2.75) is 12.8 Å². The zero-order chi connectivity index (χ0) is 13.5. The summed E-state index contributed by atoms with van der Waals surface area (Å²) in [6, 6.07) is 17.9. The monoisotopic (exact) mass is 253 g/mol. The average molecular weight is 253 g/mol. The lowest BCUT2D eigenvalue weighted by Gasteiger charge is -2.10. The Balaban J connectivity index is 2.00. The fourth-order valence-corrected chi connectivity index (χ4v) is 2.10. The summed E-state index contributed by atoms with van der Waals surface area (Å²) < 4.78 is 5.12. The Morgan fingerprint density at radius 2 is 1.53 bits per heavy atom. The molecule has 0 N–H and O–H groups in total. The minimum absolute atomic E-state index is 0.101. The third kappa shape index (κ3) is 3.95. The molecule has 2 heteroatoms. The predicted molar refractivity (Wildman–Crippen MR) is 76.0 cm³/mol. The molecule has 0 bridgehead atoms. The normalized spacial score (nSPS) is 11.8. The Bertz CT molecular complexity index is 503. The molecule has 0 amide bonds. The molecule has 0 aliphatic rings. The molecule has 1 unspecified atom stereocenters. The van der Waals surface area contributed by atoms with Crippen LogP contribution in [0.4, 0.5) is 0 Å². The highest BCUT2D eigenvalue weighted by Gasteiger charge is 2.10. The third-order valence-corrected chi connectivity index (χ3v) is 3.13. The van der Waals surface area contributed by atoms with Crippen LogP contribution in [-0.4, -0.2) is 13.4 Å². The van der Waals surface area contributed by atoms with Crippen LogP contribution in [-0.2, 0) is 17.6 Å². The summed E-state index contributed by atoms with van der Waals surface area (Å²) in [5, 5.41) is 0. The number of rotatable bonds is 6. The van der Waals surface area contributed by atoms with Gasteiger partial charge in [-0.15, -0.1) is 0 Å². The maximum atomic E-state index is 11.1. The molecule has 1 atom stereocenters. The van der Waals surface area contributed by atoms with Crippen molar-refractivity contribution in [3.05, 3.63) is 65.7 Å². The third-order valence-electron chi connectivity index (χ3n) is 3.13. The van der Waals surface area contributed by atoms with E-state index in [-0.39, 0.29) is 5.92 Å². The Morgan fingerprint density at radius 3 is 2.05 bits per heavy atom. The Kier molecular flexibility index (Phi) is 4.73. The van der Waals surface area contributed by atoms with E-state index in [1.54, 1.807) is 7.11 Å². The molecule has 0 spiro atoms. The molecule has 0 heterocycles. The number of carbonyl (C=O) groups excluding carboxylic acids is 1. The molecule has 2 nitrogen and oxygen atoms in total. The van der Waals surface area contributed by atoms with Gasteiger partial charge in [-0.1, -0.05) is 42.5 Å².